The van der Waals surface area contributed by atoms with Gasteiger partial charge in [0.2, 0.25) is 0 Å². The number of aryl methyl sites for hydroxylation is 1. The van der Waals surface area contributed by atoms with Crippen LogP contribution in [0.3, 0.4) is 0 Å². The smallest absolute Gasteiger partial charge is 0.367 e. The number of thiol groups is 1. The number of nitriles is 1. The van der Waals surface area contributed by atoms with E-state index in [0.29, 0.717) is 33.7 Å². The van der Waals surface area contributed by atoms with Gasteiger partial charge in [-0.1, -0.05) is 6.07 Å². The van der Waals surface area contributed by atoms with E-state index in [1.165, 1.54) is 19.2 Å². The van der Waals surface area contributed by atoms with Crippen LogP contribution in [-0.2, 0) is 19.5 Å². The molecule has 2 fully saturated rings. The van der Waals surface area contributed by atoms with Crippen molar-refractivity contribution in [3.05, 3.63) is 46.7 Å². The van der Waals surface area contributed by atoms with Gasteiger partial charge in [0.05, 0.1) is 17.3 Å². The molecule has 0 aliphatic carbocycles. The number of hydrogen-bond donors (Lipinski definition) is 3. The maximum Gasteiger partial charge on any atom is 0.393 e. The number of fused-ring (bicyclic) bond motifs is 2. The van der Waals surface area contributed by atoms with E-state index in [4.69, 9.17) is 12.6 Å². The van der Waals surface area contributed by atoms with Gasteiger partial charge >= 0.3 is 6.18 Å². The zero-order valence-corrected chi connectivity index (χ0v) is 25.8. The van der Waals surface area contributed by atoms with E-state index in [0.717, 1.165) is 84.7 Å². The molecule has 1 aromatic carbocycles. The molecule has 0 saturated carbocycles. The third-order valence-corrected chi connectivity index (χ3v) is 10.4. The number of rotatable bonds is 8. The van der Waals surface area contributed by atoms with Gasteiger partial charge in [0, 0.05) is 53.4 Å². The first-order valence-electron chi connectivity index (χ1n) is 14.9. The molecule has 0 radical (unpaired) electrons. The number of benzene rings is 1. The van der Waals surface area contributed by atoms with Gasteiger partial charge in [-0.05, 0) is 75.3 Å². The van der Waals surface area contributed by atoms with E-state index in [1.54, 1.807) is 6.07 Å². The number of anilines is 1. The number of aromatic nitrogens is 3. The van der Waals surface area contributed by atoms with E-state index in [1.807, 2.05) is 6.07 Å². The minimum atomic E-state index is -4.25. The second-order valence-corrected chi connectivity index (χ2v) is 13.5. The Morgan fingerprint density at radius 1 is 1.16 bits per heavy atom. The lowest BCUT2D eigenvalue weighted by atomic mass is 9.90. The van der Waals surface area contributed by atoms with Crippen molar-refractivity contribution in [2.24, 2.45) is 5.92 Å². The lowest BCUT2D eigenvalue weighted by Gasteiger charge is -2.33. The van der Waals surface area contributed by atoms with Crippen molar-refractivity contribution in [2.45, 2.75) is 81.7 Å². The second-order valence-electron chi connectivity index (χ2n) is 12.0. The van der Waals surface area contributed by atoms with Crippen LogP contribution < -0.4 is 10.6 Å². The van der Waals surface area contributed by atoms with Crippen molar-refractivity contribution in [3.8, 4) is 6.07 Å². The van der Waals surface area contributed by atoms with Gasteiger partial charge in [0.25, 0.3) is 0 Å². The van der Waals surface area contributed by atoms with Crippen LogP contribution in [0.15, 0.2) is 35.5 Å². The molecule has 228 valence electrons. The molecule has 2 N–H and O–H groups in total. The number of nitrogens with zero attached hydrogens (tertiary/aromatic N) is 5. The fourth-order valence-corrected chi connectivity index (χ4v) is 7.96. The highest BCUT2D eigenvalue weighted by Crippen LogP contribution is 2.34. The average Bonchev–Trinajstić information content (AvgIpc) is 3.55. The normalized spacial score (nSPS) is 20.6. The van der Waals surface area contributed by atoms with Crippen molar-refractivity contribution in [2.75, 3.05) is 25.0 Å². The number of hydrogen-bond acceptors (Lipinski definition) is 8. The van der Waals surface area contributed by atoms with E-state index in [2.05, 4.69) is 55.2 Å². The van der Waals surface area contributed by atoms with Crippen LogP contribution in [-0.4, -0.2) is 57.3 Å². The van der Waals surface area contributed by atoms with Crippen LogP contribution in [0.4, 0.5) is 19.0 Å². The summed E-state index contributed by atoms with van der Waals surface area (Å²) in [6, 6.07) is 10.9. The minimum absolute atomic E-state index is 0.174. The highest BCUT2D eigenvalue weighted by atomic mass is 32.1. The quantitative estimate of drug-likeness (QED) is 0.187. The van der Waals surface area contributed by atoms with Crippen LogP contribution in [0.1, 0.15) is 55.2 Å². The molecular formula is C31H36F3N7S2. The number of piperidine rings is 2. The molecule has 12 heteroatoms. The SMILES string of the molecule is CC1CC(CCn2c(C#N)cc3c(S)c(CN4CCC(Nc5ncnc6sc(CC(F)(F)F)cc56)CC4)ccc32)CCN1. The van der Waals surface area contributed by atoms with Crippen molar-refractivity contribution in [1.82, 2.24) is 24.8 Å². The Kier molecular flexibility index (Phi) is 8.87. The lowest BCUT2D eigenvalue weighted by Crippen LogP contribution is -2.38. The zero-order chi connectivity index (χ0) is 30.1. The van der Waals surface area contributed by atoms with Crippen molar-refractivity contribution < 1.29 is 13.2 Å². The number of nitrogens with one attached hydrogen (secondary N) is 2. The standard InChI is InChI=1S/C31H36F3N7S2/c1-19-12-20(4-8-36-19)5-11-41-23(16-35)13-25-27(41)3-2-21(28(25)42)17-40-9-6-22(7-10-40)39-29-26-14-24(15-31(32,33)34)43-30(26)38-18-37-29/h2-3,13-14,18-20,22,36,42H,4-12,15,17H2,1H3,(H,37,38,39). The van der Waals surface area contributed by atoms with Gasteiger partial charge in [-0.2, -0.15) is 18.4 Å². The van der Waals surface area contributed by atoms with Gasteiger partial charge in [-0.25, -0.2) is 9.97 Å². The van der Waals surface area contributed by atoms with Crippen molar-refractivity contribution in [3.63, 3.8) is 0 Å². The molecule has 2 saturated heterocycles. The highest BCUT2D eigenvalue weighted by Gasteiger charge is 2.29. The third kappa shape index (κ3) is 6.95. The molecule has 2 aliphatic heterocycles. The molecule has 2 aliphatic rings. The van der Waals surface area contributed by atoms with Gasteiger partial charge < -0.3 is 15.2 Å². The van der Waals surface area contributed by atoms with Crippen LogP contribution >= 0.6 is 24.0 Å². The van der Waals surface area contributed by atoms with Gasteiger partial charge in [-0.15, -0.1) is 24.0 Å². The van der Waals surface area contributed by atoms with E-state index in [9.17, 15) is 18.4 Å². The summed E-state index contributed by atoms with van der Waals surface area (Å²) in [4.78, 5) is 12.7. The van der Waals surface area contributed by atoms with Crippen LogP contribution in [0, 0.1) is 17.2 Å². The number of likely N-dealkylation sites (tertiary alicyclic amines) is 1. The molecule has 2 unspecified atom stereocenters. The number of halogens is 3. The Morgan fingerprint density at radius 2 is 1.98 bits per heavy atom. The summed E-state index contributed by atoms with van der Waals surface area (Å²) >= 11 is 6.01. The summed E-state index contributed by atoms with van der Waals surface area (Å²) in [5.74, 6) is 1.27. The van der Waals surface area contributed by atoms with Gasteiger partial charge in [0.1, 0.15) is 28.7 Å². The molecule has 4 aromatic rings. The monoisotopic (exact) mass is 627 g/mol. The Morgan fingerprint density at radius 3 is 2.72 bits per heavy atom. The molecule has 3 aromatic heterocycles. The molecular weight excluding hydrogens is 592 g/mol. The topological polar surface area (TPSA) is 81.8 Å². The molecule has 7 nitrogen and oxygen atoms in total. The largest absolute Gasteiger partial charge is 0.393 e. The predicted molar refractivity (Wildman–Crippen MR) is 168 cm³/mol. The van der Waals surface area contributed by atoms with E-state index >= 15 is 0 Å². The molecule has 0 amide bonds. The summed E-state index contributed by atoms with van der Waals surface area (Å²) in [5, 5.41) is 18.5. The Bertz CT molecular complexity index is 1630. The number of thiophene rings is 1. The average molecular weight is 628 g/mol. The first-order valence-corrected chi connectivity index (χ1v) is 16.2. The fraction of sp³-hybridized carbons (Fsp3) is 0.516. The highest BCUT2D eigenvalue weighted by molar-refractivity contribution is 7.80. The Labute approximate surface area is 258 Å². The Hall–Kier alpha value is -2.85. The third-order valence-electron chi connectivity index (χ3n) is 8.83. The molecule has 2 atom stereocenters. The first kappa shape index (κ1) is 30.2. The predicted octanol–water partition coefficient (Wildman–Crippen LogP) is 6.77. The lowest BCUT2D eigenvalue weighted by molar-refractivity contribution is -0.126. The number of alkyl halides is 3. The van der Waals surface area contributed by atoms with Crippen LogP contribution in [0.2, 0.25) is 0 Å². The molecule has 0 spiro atoms. The van der Waals surface area contributed by atoms with Crippen LogP contribution in [0.25, 0.3) is 21.1 Å². The maximum atomic E-state index is 12.9. The van der Waals surface area contributed by atoms with Crippen molar-refractivity contribution in [1.29, 1.82) is 5.26 Å². The zero-order valence-electron chi connectivity index (χ0n) is 24.1. The summed E-state index contributed by atoms with van der Waals surface area (Å²) < 4.78 is 40.9. The molecule has 0 bridgehead atoms. The maximum absolute atomic E-state index is 12.9. The Balaban J connectivity index is 1.08. The summed E-state index contributed by atoms with van der Waals surface area (Å²) in [6.07, 6.45) is 1.41. The molecule has 6 rings (SSSR count). The van der Waals surface area contributed by atoms with Crippen LogP contribution in [0.5, 0.6) is 0 Å². The molecule has 43 heavy (non-hydrogen) atoms. The summed E-state index contributed by atoms with van der Waals surface area (Å²) in [6.45, 7) is 6.66. The van der Waals surface area contributed by atoms with Gasteiger partial charge in [0.15, 0.2) is 0 Å². The first-order chi connectivity index (χ1) is 20.7. The van der Waals surface area contributed by atoms with E-state index in [-0.39, 0.29) is 10.9 Å². The summed E-state index contributed by atoms with van der Waals surface area (Å²) in [7, 11) is 0. The van der Waals surface area contributed by atoms with E-state index < -0.39 is 12.6 Å². The van der Waals surface area contributed by atoms with Crippen molar-refractivity contribution >= 4 is 50.9 Å². The fourth-order valence-electron chi connectivity index (χ4n) is 6.61. The second kappa shape index (κ2) is 12.6. The minimum Gasteiger partial charge on any atom is -0.367 e. The van der Waals surface area contributed by atoms with Gasteiger partial charge in [-0.3, -0.25) is 4.90 Å². The molecule has 5 heterocycles. The summed E-state index contributed by atoms with van der Waals surface area (Å²) in [5.41, 5.74) is 2.90.